The van der Waals surface area contributed by atoms with E-state index >= 15 is 0 Å². The molecule has 5 heteroatoms. The van der Waals surface area contributed by atoms with E-state index in [1.54, 1.807) is 7.11 Å². The van der Waals surface area contributed by atoms with Crippen molar-refractivity contribution >= 4 is 11.7 Å². The molecule has 0 aliphatic carbocycles. The number of amides is 2. The zero-order valence-electron chi connectivity index (χ0n) is 18.0. The van der Waals surface area contributed by atoms with E-state index < -0.39 is 0 Å². The van der Waals surface area contributed by atoms with Gasteiger partial charge in [0.2, 0.25) is 0 Å². The first-order chi connectivity index (χ1) is 13.9. The highest BCUT2D eigenvalue weighted by Crippen LogP contribution is 2.30. The second kappa shape index (κ2) is 9.21. The number of piperazine rings is 1. The third kappa shape index (κ3) is 5.66. The van der Waals surface area contributed by atoms with Gasteiger partial charge in [-0.25, -0.2) is 4.79 Å². The Morgan fingerprint density at radius 3 is 2.24 bits per heavy atom. The van der Waals surface area contributed by atoms with Crippen LogP contribution >= 0.6 is 0 Å². The summed E-state index contributed by atoms with van der Waals surface area (Å²) >= 11 is 0. The number of benzene rings is 2. The van der Waals surface area contributed by atoms with Crippen LogP contribution in [0.15, 0.2) is 54.6 Å². The van der Waals surface area contributed by atoms with E-state index in [2.05, 4.69) is 49.2 Å². The third-order valence-corrected chi connectivity index (χ3v) is 5.31. The van der Waals surface area contributed by atoms with E-state index in [1.165, 1.54) is 0 Å². The van der Waals surface area contributed by atoms with Crippen molar-refractivity contribution in [2.75, 3.05) is 38.2 Å². The summed E-state index contributed by atoms with van der Waals surface area (Å²) in [6, 6.07) is 18.3. The van der Waals surface area contributed by atoms with E-state index in [0.29, 0.717) is 13.1 Å². The lowest BCUT2D eigenvalue weighted by atomic mass is 9.85. The van der Waals surface area contributed by atoms with Gasteiger partial charge in [0.25, 0.3) is 0 Å². The maximum Gasteiger partial charge on any atom is 0.318 e. The molecule has 2 amide bonds. The zero-order chi connectivity index (χ0) is 20.9. The molecule has 1 saturated heterocycles. The lowest BCUT2D eigenvalue weighted by Gasteiger charge is -2.37. The van der Waals surface area contributed by atoms with Crippen molar-refractivity contribution in [2.24, 2.45) is 5.41 Å². The van der Waals surface area contributed by atoms with E-state index in [4.69, 9.17) is 4.74 Å². The highest BCUT2D eigenvalue weighted by Gasteiger charge is 2.27. The van der Waals surface area contributed by atoms with Gasteiger partial charge in [-0.05, 0) is 29.5 Å². The number of hydrogen-bond acceptors (Lipinski definition) is 3. The third-order valence-electron chi connectivity index (χ3n) is 5.31. The molecule has 0 bridgehead atoms. The molecule has 1 fully saturated rings. The Labute approximate surface area is 174 Å². The molecule has 0 saturated carbocycles. The maximum atomic E-state index is 13.0. The lowest BCUT2D eigenvalue weighted by molar-refractivity contribution is 0.185. The summed E-state index contributed by atoms with van der Waals surface area (Å²) in [5.41, 5.74) is 2.37. The summed E-state index contributed by atoms with van der Waals surface area (Å²) in [7, 11) is 1.70. The molecule has 2 aromatic carbocycles. The van der Waals surface area contributed by atoms with Crippen LogP contribution in [0.25, 0.3) is 0 Å². The predicted octanol–water partition coefficient (Wildman–Crippen LogP) is 4.70. The number of anilines is 1. The Morgan fingerprint density at radius 2 is 1.62 bits per heavy atom. The molecule has 2 aromatic rings. The molecule has 29 heavy (non-hydrogen) atoms. The zero-order valence-corrected chi connectivity index (χ0v) is 18.0. The van der Waals surface area contributed by atoms with Crippen LogP contribution in [0.4, 0.5) is 10.5 Å². The van der Waals surface area contributed by atoms with Gasteiger partial charge in [0.1, 0.15) is 5.75 Å². The number of ether oxygens (including phenoxy) is 1. The minimum atomic E-state index is 0.0101. The molecule has 1 heterocycles. The Hall–Kier alpha value is -2.69. The number of nitrogens with one attached hydrogen (secondary N) is 1. The maximum absolute atomic E-state index is 13.0. The van der Waals surface area contributed by atoms with Gasteiger partial charge in [-0.3, -0.25) is 0 Å². The van der Waals surface area contributed by atoms with Crippen LogP contribution in [-0.2, 0) is 0 Å². The minimum Gasteiger partial charge on any atom is -0.495 e. The number of nitrogens with zero attached hydrogens (tertiary/aromatic N) is 2. The monoisotopic (exact) mass is 395 g/mol. The van der Waals surface area contributed by atoms with E-state index in [-0.39, 0.29) is 17.5 Å². The van der Waals surface area contributed by atoms with Gasteiger partial charge in [0, 0.05) is 26.2 Å². The van der Waals surface area contributed by atoms with Crippen LogP contribution in [0.1, 0.15) is 38.8 Å². The van der Waals surface area contributed by atoms with Crippen molar-refractivity contribution < 1.29 is 9.53 Å². The summed E-state index contributed by atoms with van der Waals surface area (Å²) < 4.78 is 5.49. The molecule has 1 unspecified atom stereocenters. The molecule has 1 aliphatic heterocycles. The average molecular weight is 396 g/mol. The van der Waals surface area contributed by atoms with Crippen LogP contribution in [0.2, 0.25) is 0 Å². The van der Waals surface area contributed by atoms with Crippen molar-refractivity contribution in [3.05, 3.63) is 60.2 Å². The number of para-hydroxylation sites is 2. The minimum absolute atomic E-state index is 0.0101. The number of rotatable bonds is 5. The fraction of sp³-hybridized carbons (Fsp3) is 0.458. The van der Waals surface area contributed by atoms with Crippen molar-refractivity contribution in [2.45, 2.75) is 33.2 Å². The predicted molar refractivity (Wildman–Crippen MR) is 119 cm³/mol. The van der Waals surface area contributed by atoms with Crippen molar-refractivity contribution in [3.63, 3.8) is 0 Å². The molecule has 0 radical (unpaired) electrons. The second-order valence-corrected chi connectivity index (χ2v) is 8.82. The highest BCUT2D eigenvalue weighted by atomic mass is 16.5. The number of methoxy groups -OCH3 is 1. The molecule has 1 atom stereocenters. The average Bonchev–Trinajstić information content (AvgIpc) is 2.73. The Bertz CT molecular complexity index is 793. The molecule has 3 rings (SSSR count). The summed E-state index contributed by atoms with van der Waals surface area (Å²) in [6.45, 7) is 9.61. The van der Waals surface area contributed by atoms with Crippen LogP contribution in [0, 0.1) is 5.41 Å². The molecule has 5 nitrogen and oxygen atoms in total. The fourth-order valence-electron chi connectivity index (χ4n) is 3.83. The Balaban J connectivity index is 1.63. The normalized spacial score (nSPS) is 15.7. The topological polar surface area (TPSA) is 44.8 Å². The molecule has 0 aromatic heterocycles. The summed E-state index contributed by atoms with van der Waals surface area (Å²) in [4.78, 5) is 17.2. The number of carbonyl (C=O) groups is 1. The summed E-state index contributed by atoms with van der Waals surface area (Å²) in [5.74, 6) is 0.875. The fourth-order valence-corrected chi connectivity index (χ4v) is 3.83. The lowest BCUT2D eigenvalue weighted by Crippen LogP contribution is -2.52. The molecule has 1 N–H and O–H groups in total. The SMILES string of the molecule is COc1ccccc1N1CCN(C(=O)NC(CC(C)(C)C)c2ccccc2)CC1. The highest BCUT2D eigenvalue weighted by molar-refractivity contribution is 5.75. The Kier molecular flexibility index (Phi) is 6.68. The first kappa shape index (κ1) is 21.0. The van der Waals surface area contributed by atoms with Gasteiger partial charge < -0.3 is 19.9 Å². The van der Waals surface area contributed by atoms with Crippen molar-refractivity contribution in [1.29, 1.82) is 0 Å². The van der Waals surface area contributed by atoms with Gasteiger partial charge in [-0.1, -0.05) is 63.2 Å². The van der Waals surface area contributed by atoms with Crippen LogP contribution in [0.5, 0.6) is 5.75 Å². The largest absolute Gasteiger partial charge is 0.495 e. The molecular weight excluding hydrogens is 362 g/mol. The molecule has 156 valence electrons. The second-order valence-electron chi connectivity index (χ2n) is 8.82. The van der Waals surface area contributed by atoms with Gasteiger partial charge in [0.15, 0.2) is 0 Å². The van der Waals surface area contributed by atoms with E-state index in [9.17, 15) is 4.79 Å². The van der Waals surface area contributed by atoms with Gasteiger partial charge in [-0.15, -0.1) is 0 Å². The van der Waals surface area contributed by atoms with E-state index in [1.807, 2.05) is 41.3 Å². The summed E-state index contributed by atoms with van der Waals surface area (Å²) in [5, 5.41) is 3.28. The Morgan fingerprint density at radius 1 is 1.00 bits per heavy atom. The molecule has 1 aliphatic rings. The first-order valence-electron chi connectivity index (χ1n) is 10.4. The quantitative estimate of drug-likeness (QED) is 0.798. The van der Waals surface area contributed by atoms with Crippen LogP contribution in [0.3, 0.4) is 0 Å². The van der Waals surface area contributed by atoms with Crippen molar-refractivity contribution in [1.82, 2.24) is 10.2 Å². The standard InChI is InChI=1S/C24H33N3O2/c1-24(2,3)18-20(19-10-6-5-7-11-19)25-23(28)27-16-14-26(15-17-27)21-12-8-9-13-22(21)29-4/h5-13,20H,14-18H2,1-4H3,(H,25,28). The number of hydrogen-bond donors (Lipinski definition) is 1. The van der Waals surface area contributed by atoms with Crippen LogP contribution < -0.4 is 15.0 Å². The molecular formula is C24H33N3O2. The summed E-state index contributed by atoms with van der Waals surface area (Å²) in [6.07, 6.45) is 0.893. The first-order valence-corrected chi connectivity index (χ1v) is 10.4. The smallest absolute Gasteiger partial charge is 0.318 e. The van der Waals surface area contributed by atoms with Crippen molar-refractivity contribution in [3.8, 4) is 5.75 Å². The van der Waals surface area contributed by atoms with E-state index in [0.717, 1.165) is 36.5 Å². The van der Waals surface area contributed by atoms with Gasteiger partial charge in [-0.2, -0.15) is 0 Å². The van der Waals surface area contributed by atoms with Gasteiger partial charge in [0.05, 0.1) is 18.8 Å². The number of urea groups is 1. The molecule has 0 spiro atoms. The van der Waals surface area contributed by atoms with Gasteiger partial charge >= 0.3 is 6.03 Å². The van der Waals surface area contributed by atoms with Crippen LogP contribution in [-0.4, -0.2) is 44.2 Å². The number of carbonyl (C=O) groups excluding carboxylic acids is 1.